The van der Waals surface area contributed by atoms with Crippen LogP contribution in [0.4, 0.5) is 0 Å². The van der Waals surface area contributed by atoms with Crippen LogP contribution in [0.1, 0.15) is 12.5 Å². The summed E-state index contributed by atoms with van der Waals surface area (Å²) in [5, 5.41) is 6.21. The van der Waals surface area contributed by atoms with Crippen molar-refractivity contribution in [1.82, 2.24) is 10.6 Å². The molecule has 0 aliphatic rings. The minimum absolute atomic E-state index is 0.199. The van der Waals surface area contributed by atoms with Gasteiger partial charge in [-0.05, 0) is 20.0 Å². The van der Waals surface area contributed by atoms with Gasteiger partial charge in [-0.1, -0.05) is 29.8 Å². The maximum absolute atomic E-state index is 11.7. The van der Waals surface area contributed by atoms with Crippen molar-refractivity contribution in [2.24, 2.45) is 0 Å². The van der Waals surface area contributed by atoms with Crippen LogP contribution in [-0.4, -0.2) is 25.6 Å². The van der Waals surface area contributed by atoms with Gasteiger partial charge >= 0.3 is 0 Å². The molecule has 0 aliphatic heterocycles. The highest BCUT2D eigenvalue weighted by atomic mass is 35.5. The molecule has 0 aromatic heterocycles. The average molecular weight is 283 g/mol. The van der Waals surface area contributed by atoms with Gasteiger partial charge in [0.2, 0.25) is 0 Å². The first kappa shape index (κ1) is 15.5. The third-order valence-corrected chi connectivity index (χ3v) is 2.80. The molecule has 1 atom stereocenters. The molecule has 4 nitrogen and oxygen atoms in total. The Labute approximate surface area is 118 Å². The zero-order valence-corrected chi connectivity index (χ0v) is 12.0. The lowest BCUT2D eigenvalue weighted by Gasteiger charge is -2.18. The number of amides is 1. The summed E-state index contributed by atoms with van der Waals surface area (Å²) in [5.41, 5.74) is 0.915. The Balaban J connectivity index is 2.80. The number of ether oxygens (including phenoxy) is 1. The molecule has 1 amide bonds. The molecule has 1 rings (SSSR count). The maximum Gasteiger partial charge on any atom is 0.261 e. The molecule has 1 unspecified atom stereocenters. The zero-order chi connectivity index (χ0) is 14.3. The molecule has 5 heteroatoms. The number of para-hydroxylation sites is 1. The van der Waals surface area contributed by atoms with Gasteiger partial charge in [-0.3, -0.25) is 4.79 Å². The average Bonchev–Trinajstić information content (AvgIpc) is 2.40. The molecule has 0 saturated carbocycles. The van der Waals surface area contributed by atoms with Crippen LogP contribution in [-0.2, 0) is 11.3 Å². The van der Waals surface area contributed by atoms with Gasteiger partial charge < -0.3 is 15.4 Å². The molecule has 19 heavy (non-hydrogen) atoms. The minimum Gasteiger partial charge on any atom is -0.479 e. The van der Waals surface area contributed by atoms with Crippen LogP contribution in [0.3, 0.4) is 0 Å². The molecule has 1 aromatic carbocycles. The van der Waals surface area contributed by atoms with Gasteiger partial charge in [0.15, 0.2) is 6.10 Å². The molecule has 0 fully saturated rings. The van der Waals surface area contributed by atoms with Gasteiger partial charge in [0.25, 0.3) is 5.91 Å². The van der Waals surface area contributed by atoms with Gasteiger partial charge in [-0.25, -0.2) is 0 Å². The van der Waals surface area contributed by atoms with Crippen molar-refractivity contribution < 1.29 is 9.53 Å². The lowest BCUT2D eigenvalue weighted by Crippen LogP contribution is -2.36. The highest BCUT2D eigenvalue weighted by Crippen LogP contribution is 2.29. The van der Waals surface area contributed by atoms with Crippen LogP contribution in [0.5, 0.6) is 5.75 Å². The van der Waals surface area contributed by atoms with Crippen LogP contribution >= 0.6 is 11.6 Å². The van der Waals surface area contributed by atoms with E-state index in [2.05, 4.69) is 17.2 Å². The highest BCUT2D eigenvalue weighted by Gasteiger charge is 2.17. The topological polar surface area (TPSA) is 50.4 Å². The number of carbonyl (C=O) groups is 1. The monoisotopic (exact) mass is 282 g/mol. The largest absolute Gasteiger partial charge is 0.479 e. The fraction of sp³-hybridized carbons (Fsp3) is 0.357. The second-order valence-electron chi connectivity index (χ2n) is 4.05. The van der Waals surface area contributed by atoms with Crippen molar-refractivity contribution in [2.75, 3.05) is 13.6 Å². The molecule has 0 radical (unpaired) electrons. The van der Waals surface area contributed by atoms with E-state index in [-0.39, 0.29) is 5.91 Å². The number of nitrogens with one attached hydrogen (secondary N) is 2. The zero-order valence-electron chi connectivity index (χ0n) is 11.2. The molecular formula is C14H19ClN2O2. The first-order valence-corrected chi connectivity index (χ1v) is 6.45. The second kappa shape index (κ2) is 7.81. The van der Waals surface area contributed by atoms with Crippen LogP contribution in [0.2, 0.25) is 5.02 Å². The van der Waals surface area contributed by atoms with E-state index >= 15 is 0 Å². The van der Waals surface area contributed by atoms with E-state index in [1.165, 1.54) is 0 Å². The normalized spacial score (nSPS) is 11.7. The Bertz CT molecular complexity index is 449. The van der Waals surface area contributed by atoms with Crippen molar-refractivity contribution in [1.29, 1.82) is 0 Å². The Morgan fingerprint density at radius 3 is 2.95 bits per heavy atom. The first-order valence-electron chi connectivity index (χ1n) is 6.07. The minimum atomic E-state index is -0.615. The van der Waals surface area contributed by atoms with E-state index in [0.29, 0.717) is 23.9 Å². The molecule has 0 heterocycles. The van der Waals surface area contributed by atoms with E-state index in [4.69, 9.17) is 16.3 Å². The maximum atomic E-state index is 11.7. The number of hydrogen-bond donors (Lipinski definition) is 2. The summed E-state index contributed by atoms with van der Waals surface area (Å²) in [4.78, 5) is 11.7. The molecule has 0 bridgehead atoms. The summed E-state index contributed by atoms with van der Waals surface area (Å²) >= 11 is 6.12. The fourth-order valence-electron chi connectivity index (χ4n) is 1.56. The summed E-state index contributed by atoms with van der Waals surface area (Å²) in [7, 11) is 1.84. The van der Waals surface area contributed by atoms with Crippen molar-refractivity contribution in [3.05, 3.63) is 41.4 Å². The molecule has 0 aliphatic carbocycles. The summed E-state index contributed by atoms with van der Waals surface area (Å²) < 4.78 is 5.67. The van der Waals surface area contributed by atoms with Crippen LogP contribution in [0.25, 0.3) is 0 Å². The quantitative estimate of drug-likeness (QED) is 0.753. The smallest absolute Gasteiger partial charge is 0.261 e. The number of hydrogen-bond acceptors (Lipinski definition) is 3. The molecule has 104 valence electrons. The van der Waals surface area contributed by atoms with Crippen molar-refractivity contribution >= 4 is 17.5 Å². The molecule has 0 spiro atoms. The Morgan fingerprint density at radius 1 is 1.58 bits per heavy atom. The Hall–Kier alpha value is -1.52. The van der Waals surface area contributed by atoms with E-state index in [9.17, 15) is 4.79 Å². The van der Waals surface area contributed by atoms with Crippen molar-refractivity contribution in [3.8, 4) is 5.75 Å². The van der Waals surface area contributed by atoms with Gasteiger partial charge in [-0.2, -0.15) is 0 Å². The van der Waals surface area contributed by atoms with E-state index < -0.39 is 6.10 Å². The van der Waals surface area contributed by atoms with E-state index in [0.717, 1.165) is 5.56 Å². The predicted octanol–water partition coefficient (Wildman–Crippen LogP) is 2.13. The third kappa shape index (κ3) is 4.58. The molecule has 1 aromatic rings. The fourth-order valence-corrected chi connectivity index (χ4v) is 1.80. The number of halogens is 1. The standard InChI is InChI=1S/C14H19ClN2O2/c1-4-8-17-14(18)10(2)19-13-11(9-16-3)6-5-7-12(13)15/h4-7,10,16H,1,8-9H2,2-3H3,(H,17,18). The molecule has 0 saturated heterocycles. The summed E-state index contributed by atoms with van der Waals surface area (Å²) in [5.74, 6) is 0.343. The second-order valence-corrected chi connectivity index (χ2v) is 4.46. The summed E-state index contributed by atoms with van der Waals surface area (Å²) in [6.07, 6.45) is 1.00. The van der Waals surface area contributed by atoms with Gasteiger partial charge in [0.05, 0.1) is 5.02 Å². The lowest BCUT2D eigenvalue weighted by molar-refractivity contribution is -0.127. The number of carbonyl (C=O) groups excluding carboxylic acids is 1. The number of rotatable bonds is 7. The highest BCUT2D eigenvalue weighted by molar-refractivity contribution is 6.32. The van der Waals surface area contributed by atoms with Crippen LogP contribution in [0, 0.1) is 0 Å². The summed E-state index contributed by atoms with van der Waals surface area (Å²) in [6.45, 7) is 6.27. The van der Waals surface area contributed by atoms with Gasteiger partial charge in [0, 0.05) is 18.7 Å². The third-order valence-electron chi connectivity index (χ3n) is 2.50. The SMILES string of the molecule is C=CCNC(=O)C(C)Oc1c(Cl)cccc1CNC. The molecular weight excluding hydrogens is 264 g/mol. The van der Waals surface area contributed by atoms with Crippen molar-refractivity contribution in [3.63, 3.8) is 0 Å². The molecule has 2 N–H and O–H groups in total. The van der Waals surface area contributed by atoms with E-state index in [1.807, 2.05) is 19.2 Å². The lowest BCUT2D eigenvalue weighted by atomic mass is 10.2. The van der Waals surface area contributed by atoms with Crippen LogP contribution < -0.4 is 15.4 Å². The first-order chi connectivity index (χ1) is 9.10. The van der Waals surface area contributed by atoms with Crippen molar-refractivity contribution in [2.45, 2.75) is 19.6 Å². The van der Waals surface area contributed by atoms with Crippen LogP contribution in [0.15, 0.2) is 30.9 Å². The van der Waals surface area contributed by atoms with Gasteiger partial charge in [-0.15, -0.1) is 6.58 Å². The Kier molecular flexibility index (Phi) is 6.39. The number of benzene rings is 1. The van der Waals surface area contributed by atoms with Gasteiger partial charge in [0.1, 0.15) is 5.75 Å². The predicted molar refractivity (Wildman–Crippen MR) is 77.5 cm³/mol. The van der Waals surface area contributed by atoms with E-state index in [1.54, 1.807) is 19.1 Å². The Morgan fingerprint density at radius 2 is 2.32 bits per heavy atom. The summed E-state index contributed by atoms with van der Waals surface area (Å²) in [6, 6.07) is 5.50.